The van der Waals surface area contributed by atoms with Gasteiger partial charge in [0.1, 0.15) is 0 Å². The Morgan fingerprint density at radius 3 is 2.27 bits per heavy atom. The Hall–Kier alpha value is -2.49. The molecule has 0 radical (unpaired) electrons. The van der Waals surface area contributed by atoms with Gasteiger partial charge in [-0.1, -0.05) is 18.2 Å². The van der Waals surface area contributed by atoms with Crippen LogP contribution in [-0.2, 0) is 4.79 Å². The summed E-state index contributed by atoms with van der Waals surface area (Å²) in [4.78, 5) is 16.1. The van der Waals surface area contributed by atoms with Crippen molar-refractivity contribution in [2.45, 2.75) is 0 Å². The molecular formula is C18H23IN4O3. The Morgan fingerprint density at radius 2 is 1.65 bits per heavy atom. The van der Waals surface area contributed by atoms with Crippen molar-refractivity contribution in [1.82, 2.24) is 5.32 Å². The minimum atomic E-state index is -0.165. The van der Waals surface area contributed by atoms with Crippen LogP contribution in [0.15, 0.2) is 53.5 Å². The zero-order valence-corrected chi connectivity index (χ0v) is 17.2. The largest absolute Gasteiger partial charge is 0.493 e. The standard InChI is InChI=1S/C18H22N4O3.HI/c1-19-18(20-12-17(23)21-13-7-5-4-6-8-13)22-14-9-10-15(24-2)16(11-14)25-3;/h4-11H,12H2,1-3H3,(H,21,23)(H2,19,20,22);1H. The molecule has 2 aromatic carbocycles. The van der Waals surface area contributed by atoms with Crippen molar-refractivity contribution in [3.63, 3.8) is 0 Å². The van der Waals surface area contributed by atoms with Crippen molar-refractivity contribution in [2.24, 2.45) is 4.99 Å². The first kappa shape index (κ1) is 21.6. The average Bonchev–Trinajstić information content (AvgIpc) is 2.65. The van der Waals surface area contributed by atoms with Crippen LogP contribution < -0.4 is 25.4 Å². The van der Waals surface area contributed by atoms with Gasteiger partial charge in [-0.25, -0.2) is 0 Å². The number of amides is 1. The van der Waals surface area contributed by atoms with Gasteiger partial charge in [-0.15, -0.1) is 24.0 Å². The summed E-state index contributed by atoms with van der Waals surface area (Å²) >= 11 is 0. The molecule has 0 spiro atoms. The number of nitrogens with one attached hydrogen (secondary N) is 3. The second kappa shape index (κ2) is 11.2. The zero-order chi connectivity index (χ0) is 18.1. The van der Waals surface area contributed by atoms with Crippen LogP contribution in [0, 0.1) is 0 Å². The third-order valence-corrected chi connectivity index (χ3v) is 3.34. The van der Waals surface area contributed by atoms with Crippen molar-refractivity contribution in [3.05, 3.63) is 48.5 Å². The highest BCUT2D eigenvalue weighted by Crippen LogP contribution is 2.29. The van der Waals surface area contributed by atoms with Gasteiger partial charge >= 0.3 is 0 Å². The molecule has 7 nitrogen and oxygen atoms in total. The Kier molecular flexibility index (Phi) is 9.27. The Bertz CT molecular complexity index is 738. The number of guanidine groups is 1. The molecule has 0 aliphatic rings. The number of benzene rings is 2. The Morgan fingerprint density at radius 1 is 0.962 bits per heavy atom. The molecule has 2 aromatic rings. The third-order valence-electron chi connectivity index (χ3n) is 3.34. The van der Waals surface area contributed by atoms with E-state index in [1.54, 1.807) is 33.4 Å². The SMILES string of the molecule is CN=C(NCC(=O)Nc1ccccc1)Nc1ccc(OC)c(OC)c1.I. The van der Waals surface area contributed by atoms with E-state index in [4.69, 9.17) is 9.47 Å². The van der Waals surface area contributed by atoms with E-state index in [9.17, 15) is 4.79 Å². The van der Waals surface area contributed by atoms with Gasteiger partial charge in [0.25, 0.3) is 0 Å². The number of hydrogen-bond donors (Lipinski definition) is 3. The molecule has 0 saturated carbocycles. The van der Waals surface area contributed by atoms with Crippen LogP contribution in [0.3, 0.4) is 0 Å². The quantitative estimate of drug-likeness (QED) is 0.344. The Balaban J connectivity index is 0.00000338. The van der Waals surface area contributed by atoms with E-state index >= 15 is 0 Å². The molecule has 1 amide bonds. The second-order valence-electron chi connectivity index (χ2n) is 5.03. The highest BCUT2D eigenvalue weighted by Gasteiger charge is 2.08. The van der Waals surface area contributed by atoms with E-state index in [-0.39, 0.29) is 36.4 Å². The number of anilines is 2. The number of carbonyl (C=O) groups excluding carboxylic acids is 1. The fourth-order valence-electron chi connectivity index (χ4n) is 2.12. The molecule has 0 aliphatic heterocycles. The number of para-hydroxylation sites is 1. The molecule has 0 aliphatic carbocycles. The molecule has 0 bridgehead atoms. The predicted octanol–water partition coefficient (Wildman–Crippen LogP) is 2.95. The van der Waals surface area contributed by atoms with E-state index in [2.05, 4.69) is 20.9 Å². The Labute approximate surface area is 170 Å². The van der Waals surface area contributed by atoms with Crippen LogP contribution in [0.2, 0.25) is 0 Å². The maximum absolute atomic E-state index is 12.0. The van der Waals surface area contributed by atoms with Crippen molar-refractivity contribution in [3.8, 4) is 11.5 Å². The molecule has 0 unspecified atom stereocenters. The van der Waals surface area contributed by atoms with Gasteiger partial charge in [-0.3, -0.25) is 9.79 Å². The number of ether oxygens (including phenoxy) is 2. The summed E-state index contributed by atoms with van der Waals surface area (Å²) in [7, 11) is 4.78. The van der Waals surface area contributed by atoms with Crippen molar-refractivity contribution in [2.75, 3.05) is 38.4 Å². The smallest absolute Gasteiger partial charge is 0.243 e. The van der Waals surface area contributed by atoms with Gasteiger partial charge in [-0.2, -0.15) is 0 Å². The third kappa shape index (κ3) is 6.43. The van der Waals surface area contributed by atoms with Crippen LogP contribution in [0.25, 0.3) is 0 Å². The van der Waals surface area contributed by atoms with Crippen LogP contribution in [-0.4, -0.2) is 39.7 Å². The first-order chi connectivity index (χ1) is 12.2. The number of nitrogens with zero attached hydrogens (tertiary/aromatic N) is 1. The molecule has 8 heteroatoms. The van der Waals surface area contributed by atoms with Crippen LogP contribution >= 0.6 is 24.0 Å². The molecule has 26 heavy (non-hydrogen) atoms. The number of carbonyl (C=O) groups is 1. The summed E-state index contributed by atoms with van der Waals surface area (Å²) in [6.45, 7) is 0.0852. The molecule has 140 valence electrons. The van der Waals surface area contributed by atoms with Crippen LogP contribution in [0.4, 0.5) is 11.4 Å². The van der Waals surface area contributed by atoms with Crippen molar-refractivity contribution in [1.29, 1.82) is 0 Å². The maximum Gasteiger partial charge on any atom is 0.243 e. The van der Waals surface area contributed by atoms with E-state index in [1.807, 2.05) is 36.4 Å². The highest BCUT2D eigenvalue weighted by molar-refractivity contribution is 14.0. The number of hydrogen-bond acceptors (Lipinski definition) is 4. The number of aliphatic imine (C=N–C) groups is 1. The van der Waals surface area contributed by atoms with Gasteiger partial charge in [0, 0.05) is 24.5 Å². The fraction of sp³-hybridized carbons (Fsp3) is 0.222. The summed E-state index contributed by atoms with van der Waals surface area (Å²) in [5.41, 5.74) is 1.51. The fourth-order valence-corrected chi connectivity index (χ4v) is 2.12. The molecule has 0 atom stereocenters. The lowest BCUT2D eigenvalue weighted by Gasteiger charge is -2.14. The summed E-state index contributed by atoms with van der Waals surface area (Å²) in [5.74, 6) is 1.54. The number of halogens is 1. The first-order valence-corrected chi connectivity index (χ1v) is 7.71. The number of rotatable bonds is 6. The molecule has 0 saturated heterocycles. The molecule has 0 fully saturated rings. The molecule has 2 rings (SSSR count). The normalized spacial score (nSPS) is 10.3. The zero-order valence-electron chi connectivity index (χ0n) is 14.9. The maximum atomic E-state index is 12.0. The lowest BCUT2D eigenvalue weighted by Crippen LogP contribution is -2.37. The summed E-state index contributed by atoms with van der Waals surface area (Å²) in [6, 6.07) is 14.7. The van der Waals surface area contributed by atoms with Gasteiger partial charge in [0.05, 0.1) is 20.8 Å². The van der Waals surface area contributed by atoms with E-state index in [0.717, 1.165) is 11.4 Å². The molecule has 0 aromatic heterocycles. The molecule has 3 N–H and O–H groups in total. The van der Waals surface area contributed by atoms with Crippen molar-refractivity contribution >= 4 is 47.2 Å². The highest BCUT2D eigenvalue weighted by atomic mass is 127. The lowest BCUT2D eigenvalue weighted by molar-refractivity contribution is -0.115. The summed E-state index contributed by atoms with van der Waals surface area (Å²) < 4.78 is 10.5. The van der Waals surface area contributed by atoms with Crippen molar-refractivity contribution < 1.29 is 14.3 Å². The van der Waals surface area contributed by atoms with Gasteiger partial charge < -0.3 is 25.4 Å². The topological polar surface area (TPSA) is 84.0 Å². The predicted molar refractivity (Wildman–Crippen MR) is 115 cm³/mol. The van der Waals surface area contributed by atoms with Gasteiger partial charge in [0.2, 0.25) is 5.91 Å². The minimum Gasteiger partial charge on any atom is -0.493 e. The van der Waals surface area contributed by atoms with E-state index in [0.29, 0.717) is 17.5 Å². The van der Waals surface area contributed by atoms with Crippen LogP contribution in [0.5, 0.6) is 11.5 Å². The molecular weight excluding hydrogens is 447 g/mol. The lowest BCUT2D eigenvalue weighted by atomic mass is 10.3. The summed E-state index contributed by atoms with van der Waals surface area (Å²) in [6.07, 6.45) is 0. The monoisotopic (exact) mass is 470 g/mol. The van der Waals surface area contributed by atoms with Gasteiger partial charge in [0.15, 0.2) is 17.5 Å². The average molecular weight is 470 g/mol. The second-order valence-corrected chi connectivity index (χ2v) is 5.03. The van der Waals surface area contributed by atoms with Crippen LogP contribution in [0.1, 0.15) is 0 Å². The van der Waals surface area contributed by atoms with E-state index in [1.165, 1.54) is 0 Å². The number of methoxy groups -OCH3 is 2. The van der Waals surface area contributed by atoms with E-state index < -0.39 is 0 Å². The first-order valence-electron chi connectivity index (χ1n) is 7.71. The van der Waals surface area contributed by atoms with Gasteiger partial charge in [-0.05, 0) is 24.3 Å². The molecule has 0 heterocycles. The minimum absolute atomic E-state index is 0. The summed E-state index contributed by atoms with van der Waals surface area (Å²) in [5, 5.41) is 8.85.